The van der Waals surface area contributed by atoms with Gasteiger partial charge in [-0.15, -0.1) is 0 Å². The average molecular weight is 730 g/mol. The number of allylic oxidation sites excluding steroid dienone is 3. The maximum Gasteiger partial charge on any atom is 0.410 e. The largest absolute Gasteiger partial charge is 0.465 e. The summed E-state index contributed by atoms with van der Waals surface area (Å²) in [5.74, 6) is -0.673. The van der Waals surface area contributed by atoms with Gasteiger partial charge in [0.1, 0.15) is 11.7 Å². The third-order valence-electron chi connectivity index (χ3n) is 12.2. The summed E-state index contributed by atoms with van der Waals surface area (Å²) < 4.78 is 17.8. The van der Waals surface area contributed by atoms with Gasteiger partial charge in [-0.2, -0.15) is 0 Å². The highest BCUT2D eigenvalue weighted by Crippen LogP contribution is 2.46. The Morgan fingerprint density at radius 1 is 1.04 bits per heavy atom. The molecule has 2 unspecified atom stereocenters. The lowest BCUT2D eigenvalue weighted by Crippen LogP contribution is -2.54. The van der Waals surface area contributed by atoms with E-state index in [9.17, 15) is 29.7 Å². The summed E-state index contributed by atoms with van der Waals surface area (Å²) >= 11 is 0. The normalized spacial score (nSPS) is 36.0. The molecule has 1 aliphatic carbocycles. The topological polar surface area (TPSA) is 149 Å². The lowest BCUT2D eigenvalue weighted by atomic mass is 9.74. The van der Waals surface area contributed by atoms with Crippen LogP contribution in [0.5, 0.6) is 0 Å². The third kappa shape index (κ3) is 10.4. The Bertz CT molecular complexity index is 1320. The van der Waals surface area contributed by atoms with E-state index < -0.39 is 42.1 Å². The van der Waals surface area contributed by atoms with Gasteiger partial charge in [-0.1, -0.05) is 63.8 Å². The molecule has 0 aromatic rings. The number of carbonyl (C=O) groups is 3. The Morgan fingerprint density at radius 2 is 1.75 bits per heavy atom. The van der Waals surface area contributed by atoms with Crippen molar-refractivity contribution in [1.29, 1.82) is 0 Å². The first-order valence-electron chi connectivity index (χ1n) is 19.7. The molecule has 4 fully saturated rings. The van der Waals surface area contributed by atoms with Crippen LogP contribution in [0.2, 0.25) is 0 Å². The number of nitrogens with zero attached hydrogens (tertiary/aromatic N) is 3. The number of carboxylic acid groups (broad SMARTS) is 1. The highest BCUT2D eigenvalue weighted by Gasteiger charge is 2.53. The zero-order valence-corrected chi connectivity index (χ0v) is 31.8. The smallest absolute Gasteiger partial charge is 0.410 e. The second kappa shape index (κ2) is 17.9. The van der Waals surface area contributed by atoms with Crippen LogP contribution in [0, 0.1) is 17.3 Å². The van der Waals surface area contributed by atoms with Crippen LogP contribution in [0.25, 0.3) is 0 Å². The molecule has 4 heterocycles. The van der Waals surface area contributed by atoms with E-state index in [-0.39, 0.29) is 42.6 Å². The number of rotatable bonds is 7. The van der Waals surface area contributed by atoms with Crippen molar-refractivity contribution in [1.82, 2.24) is 14.7 Å². The van der Waals surface area contributed by atoms with Crippen molar-refractivity contribution in [2.75, 3.05) is 45.9 Å². The monoisotopic (exact) mass is 729 g/mol. The maximum atomic E-state index is 13.5. The van der Waals surface area contributed by atoms with Gasteiger partial charge in [-0.05, 0) is 69.9 Å². The maximum absolute atomic E-state index is 13.5. The van der Waals surface area contributed by atoms with Gasteiger partial charge in [0.05, 0.1) is 25.2 Å². The Balaban J connectivity index is 1.22. The molecule has 2 amide bonds. The molecule has 1 saturated carbocycles. The van der Waals surface area contributed by atoms with E-state index in [1.807, 2.05) is 32.1 Å². The van der Waals surface area contributed by atoms with Crippen molar-refractivity contribution < 1.29 is 43.9 Å². The van der Waals surface area contributed by atoms with E-state index >= 15 is 0 Å². The first-order chi connectivity index (χ1) is 24.8. The zero-order valence-electron chi connectivity index (χ0n) is 31.8. The number of amides is 2. The fourth-order valence-electron chi connectivity index (χ4n) is 8.63. The minimum atomic E-state index is -1.47. The second-order valence-electron chi connectivity index (χ2n) is 16.5. The molecule has 3 saturated heterocycles. The fraction of sp³-hybridized carbons (Fsp3) is 0.775. The predicted molar refractivity (Wildman–Crippen MR) is 197 cm³/mol. The van der Waals surface area contributed by atoms with Crippen LogP contribution in [0.1, 0.15) is 98.3 Å². The lowest BCUT2D eigenvalue weighted by molar-refractivity contribution is -0.184. The van der Waals surface area contributed by atoms with Crippen molar-refractivity contribution in [2.45, 2.75) is 134 Å². The summed E-state index contributed by atoms with van der Waals surface area (Å²) in [7, 11) is 0. The van der Waals surface area contributed by atoms with Gasteiger partial charge < -0.3 is 39.3 Å². The molecule has 0 aromatic carbocycles. The number of piperazine rings is 1. The summed E-state index contributed by atoms with van der Waals surface area (Å²) in [4.78, 5) is 43.6. The molecule has 0 radical (unpaired) electrons. The van der Waals surface area contributed by atoms with Gasteiger partial charge in [-0.25, -0.2) is 9.59 Å². The van der Waals surface area contributed by atoms with E-state index in [0.29, 0.717) is 38.8 Å². The van der Waals surface area contributed by atoms with Crippen LogP contribution >= 0.6 is 0 Å². The van der Waals surface area contributed by atoms with Crippen LogP contribution in [0.3, 0.4) is 0 Å². The van der Waals surface area contributed by atoms with Crippen LogP contribution in [0.4, 0.5) is 9.59 Å². The minimum absolute atomic E-state index is 0.0143. The number of carbonyl (C=O) groups excluding carboxylic acids is 2. The summed E-state index contributed by atoms with van der Waals surface area (Å²) in [6.45, 7) is 12.0. The molecule has 52 heavy (non-hydrogen) atoms. The number of aliphatic hydroxyl groups is 2. The van der Waals surface area contributed by atoms with Gasteiger partial charge in [-0.3, -0.25) is 9.69 Å². The number of hydrogen-bond acceptors (Lipinski definition) is 9. The van der Waals surface area contributed by atoms with E-state index in [0.717, 1.165) is 31.5 Å². The molecule has 3 N–H and O–H groups in total. The molecule has 12 nitrogen and oxygen atoms in total. The first-order valence-corrected chi connectivity index (χ1v) is 19.7. The van der Waals surface area contributed by atoms with Crippen LogP contribution < -0.4 is 0 Å². The van der Waals surface area contributed by atoms with Gasteiger partial charge in [0.2, 0.25) is 0 Å². The fourth-order valence-corrected chi connectivity index (χ4v) is 8.63. The Labute approximate surface area is 309 Å². The summed E-state index contributed by atoms with van der Waals surface area (Å²) in [5, 5.41) is 31.7. The number of ether oxygens (including phenoxy) is 3. The van der Waals surface area contributed by atoms with Gasteiger partial charge in [0.15, 0.2) is 6.10 Å². The standard InChI is InChI=1S/C40H63N3O9/c1-28(24-34-40(27-50-34)18-19-43(26-40)37(46)47)10-9-11-29(2)36-30(3)14-15-33(39(4,49)17-16-32(44)25-35(45)52-36)51-38(48)42-22-20-41(21-23-42)31-12-7-5-6-8-13-31/h9-11,14-15,28,30-34,36,44,49H,5-8,12-13,16-27H2,1-4H3,(H,46,47)/b10-9+,15-14+,29-11+/t28-,30-,32-,33+,34?,36+,39-,40?/m0/s1. The molecule has 0 bridgehead atoms. The van der Waals surface area contributed by atoms with Gasteiger partial charge >= 0.3 is 18.2 Å². The third-order valence-corrected chi connectivity index (χ3v) is 12.2. The quantitative estimate of drug-likeness (QED) is 0.132. The van der Waals surface area contributed by atoms with Crippen molar-refractivity contribution in [2.24, 2.45) is 17.3 Å². The Kier molecular flexibility index (Phi) is 13.9. The molecule has 292 valence electrons. The number of esters is 1. The summed E-state index contributed by atoms with van der Waals surface area (Å²) in [6, 6.07) is 0.585. The van der Waals surface area contributed by atoms with Crippen molar-refractivity contribution >= 4 is 18.2 Å². The molecule has 5 rings (SSSR count). The highest BCUT2D eigenvalue weighted by atomic mass is 16.6. The molecular formula is C40H63N3O9. The van der Waals surface area contributed by atoms with E-state index in [2.05, 4.69) is 17.9 Å². The second-order valence-corrected chi connectivity index (χ2v) is 16.5. The SMILES string of the molecule is C/C(=C\C=C\[C@H](C)CC1OCC12CCN(C(=O)O)C2)[C@H]1OC(=O)C[C@@H](O)CC[C@](C)(O)[C@H](OC(=O)N2CCN(C3CCCCCC3)CC2)/C=C/[C@@H]1C. The van der Waals surface area contributed by atoms with Gasteiger partial charge in [0.25, 0.3) is 0 Å². The van der Waals surface area contributed by atoms with E-state index in [4.69, 9.17) is 14.2 Å². The van der Waals surface area contributed by atoms with Crippen molar-refractivity contribution in [3.63, 3.8) is 0 Å². The lowest BCUT2D eigenvalue weighted by Gasteiger charge is -2.47. The molecule has 0 aromatic heterocycles. The molecule has 5 aliphatic rings. The highest BCUT2D eigenvalue weighted by molar-refractivity contribution is 5.70. The Hall–Kier alpha value is -2.93. The molecular weight excluding hydrogens is 666 g/mol. The Morgan fingerprint density at radius 3 is 2.38 bits per heavy atom. The van der Waals surface area contributed by atoms with E-state index in [1.54, 1.807) is 17.9 Å². The summed E-state index contributed by atoms with van der Waals surface area (Å²) in [5.41, 5.74) is -0.762. The molecule has 1 spiro atoms. The number of aliphatic hydroxyl groups excluding tert-OH is 1. The van der Waals surface area contributed by atoms with E-state index in [1.165, 1.54) is 43.4 Å². The molecule has 12 heteroatoms. The molecule has 4 aliphatic heterocycles. The van der Waals surface area contributed by atoms with Crippen LogP contribution in [-0.2, 0) is 19.0 Å². The van der Waals surface area contributed by atoms with Gasteiger partial charge in [0, 0.05) is 56.6 Å². The van der Waals surface area contributed by atoms with Crippen molar-refractivity contribution in [3.8, 4) is 0 Å². The zero-order chi connectivity index (χ0) is 37.5. The number of likely N-dealkylation sites (tertiary alicyclic amines) is 1. The summed E-state index contributed by atoms with van der Waals surface area (Å²) in [6.07, 6.45) is 14.8. The minimum Gasteiger partial charge on any atom is -0.465 e. The van der Waals surface area contributed by atoms with Crippen LogP contribution in [-0.4, -0.2) is 130 Å². The van der Waals surface area contributed by atoms with Crippen molar-refractivity contribution in [3.05, 3.63) is 36.0 Å². The van der Waals surface area contributed by atoms with Crippen LogP contribution in [0.15, 0.2) is 36.0 Å². The average Bonchev–Trinajstić information content (AvgIpc) is 3.42. The molecule has 8 atom stereocenters. The first kappa shape index (κ1) is 40.3. The number of cyclic esters (lactones) is 1. The number of hydrogen-bond donors (Lipinski definition) is 3. The predicted octanol–water partition coefficient (Wildman–Crippen LogP) is 5.53.